The molecule has 0 radical (unpaired) electrons. The molecule has 0 heterocycles. The highest BCUT2D eigenvalue weighted by Gasteiger charge is 2.54. The second kappa shape index (κ2) is 5.76. The molecule has 2 saturated carbocycles. The van der Waals surface area contributed by atoms with Crippen LogP contribution in [0.4, 0.5) is 0 Å². The van der Waals surface area contributed by atoms with Crippen molar-refractivity contribution in [1.82, 2.24) is 0 Å². The first-order chi connectivity index (χ1) is 9.69. The molecule has 0 aliphatic heterocycles. The number of hydrogen-bond donors (Lipinski definition) is 0. The number of hydrogen-bond acceptors (Lipinski definition) is 2. The maximum Gasteiger partial charge on any atom is 0.141 e. The van der Waals surface area contributed by atoms with Crippen LogP contribution in [0, 0.1) is 17.8 Å². The Kier molecular flexibility index (Phi) is 4.19. The molecule has 0 N–H and O–H groups in total. The summed E-state index contributed by atoms with van der Waals surface area (Å²) in [5.41, 5.74) is 1.08. The van der Waals surface area contributed by atoms with E-state index in [-0.39, 0.29) is 5.38 Å². The van der Waals surface area contributed by atoms with E-state index >= 15 is 0 Å². The van der Waals surface area contributed by atoms with E-state index in [1.807, 2.05) is 12.1 Å². The van der Waals surface area contributed by atoms with Gasteiger partial charge in [0.25, 0.3) is 0 Å². The lowest BCUT2D eigenvalue weighted by Gasteiger charge is -2.17. The van der Waals surface area contributed by atoms with Gasteiger partial charge in [-0.15, -0.1) is 11.6 Å². The van der Waals surface area contributed by atoms with Crippen molar-refractivity contribution in [3.63, 3.8) is 0 Å². The van der Waals surface area contributed by atoms with E-state index in [1.54, 1.807) is 14.2 Å². The van der Waals surface area contributed by atoms with Crippen LogP contribution in [0.15, 0.2) is 16.6 Å². The third kappa shape index (κ3) is 2.33. The van der Waals surface area contributed by atoms with Gasteiger partial charge in [-0.2, -0.15) is 0 Å². The van der Waals surface area contributed by atoms with Gasteiger partial charge < -0.3 is 9.47 Å². The molecule has 0 saturated heterocycles. The maximum atomic E-state index is 6.79. The van der Waals surface area contributed by atoms with E-state index in [0.29, 0.717) is 5.92 Å². The van der Waals surface area contributed by atoms with Crippen molar-refractivity contribution in [2.75, 3.05) is 14.2 Å². The molecule has 2 aliphatic rings. The molecule has 3 atom stereocenters. The Balaban J connectivity index is 1.88. The number of methoxy groups -OCH3 is 2. The molecule has 110 valence electrons. The predicted molar refractivity (Wildman–Crippen MR) is 84.8 cm³/mol. The van der Waals surface area contributed by atoms with E-state index in [4.69, 9.17) is 21.1 Å². The zero-order valence-corrected chi connectivity index (χ0v) is 14.2. The highest BCUT2D eigenvalue weighted by molar-refractivity contribution is 9.10. The number of halogens is 2. The van der Waals surface area contributed by atoms with Gasteiger partial charge in [0.2, 0.25) is 0 Å². The fourth-order valence-corrected chi connectivity index (χ4v) is 5.05. The Morgan fingerprint density at radius 1 is 1.15 bits per heavy atom. The van der Waals surface area contributed by atoms with Crippen molar-refractivity contribution < 1.29 is 9.47 Å². The Morgan fingerprint density at radius 3 is 2.35 bits per heavy atom. The first-order valence-corrected chi connectivity index (χ1v) is 8.46. The summed E-state index contributed by atoms with van der Waals surface area (Å²) in [6, 6.07) is 4.01. The van der Waals surface area contributed by atoms with Crippen molar-refractivity contribution >= 4 is 27.5 Å². The zero-order valence-electron chi connectivity index (χ0n) is 11.9. The fourth-order valence-electron chi connectivity index (χ4n) is 3.82. The van der Waals surface area contributed by atoms with Gasteiger partial charge in [-0.05, 0) is 52.6 Å². The number of rotatable bonds is 4. The highest BCUT2D eigenvalue weighted by atomic mass is 79.9. The summed E-state index contributed by atoms with van der Waals surface area (Å²) >= 11 is 10.3. The van der Waals surface area contributed by atoms with Gasteiger partial charge in [-0.1, -0.05) is 18.9 Å². The summed E-state index contributed by atoms with van der Waals surface area (Å²) in [5, 5.41) is 0.0419. The van der Waals surface area contributed by atoms with E-state index in [9.17, 15) is 0 Å². The molecule has 2 fully saturated rings. The molecule has 0 aromatic heterocycles. The molecule has 2 nitrogen and oxygen atoms in total. The lowest BCUT2D eigenvalue weighted by atomic mass is 10.0. The summed E-state index contributed by atoms with van der Waals surface area (Å²) in [5.74, 6) is 3.87. The van der Waals surface area contributed by atoms with Crippen molar-refractivity contribution in [3.05, 3.63) is 22.2 Å². The van der Waals surface area contributed by atoms with E-state index in [2.05, 4.69) is 15.9 Å². The monoisotopic (exact) mass is 358 g/mol. The highest BCUT2D eigenvalue weighted by Crippen LogP contribution is 2.63. The van der Waals surface area contributed by atoms with Crippen LogP contribution in [0.1, 0.15) is 36.6 Å². The lowest BCUT2D eigenvalue weighted by molar-refractivity contribution is 0.384. The van der Waals surface area contributed by atoms with Crippen LogP contribution in [0.2, 0.25) is 0 Å². The lowest BCUT2D eigenvalue weighted by Crippen LogP contribution is -2.01. The SMILES string of the molecule is COc1ccc(C(Cl)C2C3CCCCC32)c(OC)c1Br. The number of fused-ring (bicyclic) bond motifs is 1. The van der Waals surface area contributed by atoms with E-state index in [0.717, 1.165) is 33.4 Å². The first-order valence-electron chi connectivity index (χ1n) is 7.23. The minimum Gasteiger partial charge on any atom is -0.495 e. The Hall–Kier alpha value is -0.410. The Labute approximate surface area is 133 Å². The number of alkyl halides is 1. The van der Waals surface area contributed by atoms with Gasteiger partial charge >= 0.3 is 0 Å². The third-order valence-corrected chi connectivity index (χ3v) is 6.15. The van der Waals surface area contributed by atoms with Crippen LogP contribution in [-0.4, -0.2) is 14.2 Å². The smallest absolute Gasteiger partial charge is 0.141 e. The van der Waals surface area contributed by atoms with Crippen molar-refractivity contribution in [2.24, 2.45) is 17.8 Å². The van der Waals surface area contributed by atoms with Crippen molar-refractivity contribution in [1.29, 1.82) is 0 Å². The molecule has 0 spiro atoms. The quantitative estimate of drug-likeness (QED) is 0.689. The molecule has 0 bridgehead atoms. The van der Waals surface area contributed by atoms with Gasteiger partial charge in [0.15, 0.2) is 0 Å². The van der Waals surface area contributed by atoms with Gasteiger partial charge in [0.05, 0.1) is 19.6 Å². The maximum absolute atomic E-state index is 6.79. The molecule has 3 rings (SSSR count). The zero-order chi connectivity index (χ0) is 14.3. The second-order valence-corrected chi connectivity index (χ2v) is 7.06. The Morgan fingerprint density at radius 2 is 1.80 bits per heavy atom. The summed E-state index contributed by atoms with van der Waals surface area (Å²) in [4.78, 5) is 0. The topological polar surface area (TPSA) is 18.5 Å². The second-order valence-electron chi connectivity index (χ2n) is 5.80. The molecule has 0 amide bonds. The molecule has 4 heteroatoms. The van der Waals surface area contributed by atoms with Gasteiger partial charge in [0.1, 0.15) is 16.0 Å². The Bertz CT molecular complexity index is 493. The van der Waals surface area contributed by atoms with Crippen LogP contribution >= 0.6 is 27.5 Å². The molecular formula is C16H20BrClO2. The van der Waals surface area contributed by atoms with Gasteiger partial charge in [-0.25, -0.2) is 0 Å². The predicted octanol–water partition coefficient (Wildman–Crippen LogP) is 5.18. The largest absolute Gasteiger partial charge is 0.495 e. The normalized spacial score (nSPS) is 29.5. The van der Waals surface area contributed by atoms with Gasteiger partial charge in [-0.3, -0.25) is 0 Å². The average molecular weight is 360 g/mol. The number of ether oxygens (including phenoxy) is 2. The third-order valence-electron chi connectivity index (χ3n) is 4.87. The van der Waals surface area contributed by atoms with Crippen molar-refractivity contribution in [3.8, 4) is 11.5 Å². The van der Waals surface area contributed by atoms with Crippen molar-refractivity contribution in [2.45, 2.75) is 31.1 Å². The standard InChI is InChI=1S/C16H20BrClO2/c1-19-12-8-7-11(16(20-2)14(12)17)15(18)13-9-5-3-4-6-10(9)13/h7-10,13,15H,3-6H2,1-2H3. The van der Waals surface area contributed by atoms with Gasteiger partial charge in [0, 0.05) is 5.56 Å². The fraction of sp³-hybridized carbons (Fsp3) is 0.625. The average Bonchev–Trinajstić information content (AvgIpc) is 3.20. The van der Waals surface area contributed by atoms with Crippen LogP contribution in [0.5, 0.6) is 11.5 Å². The summed E-state index contributed by atoms with van der Waals surface area (Å²) < 4.78 is 11.7. The molecular weight excluding hydrogens is 340 g/mol. The summed E-state index contributed by atoms with van der Waals surface area (Å²) in [6.07, 6.45) is 5.42. The summed E-state index contributed by atoms with van der Waals surface area (Å²) in [7, 11) is 3.35. The summed E-state index contributed by atoms with van der Waals surface area (Å²) in [6.45, 7) is 0. The molecule has 20 heavy (non-hydrogen) atoms. The number of benzene rings is 1. The van der Waals surface area contributed by atoms with Crippen LogP contribution in [0.3, 0.4) is 0 Å². The van der Waals surface area contributed by atoms with E-state index in [1.165, 1.54) is 25.7 Å². The van der Waals surface area contributed by atoms with Crippen LogP contribution < -0.4 is 9.47 Å². The first kappa shape index (κ1) is 14.5. The minimum absolute atomic E-state index is 0.0419. The molecule has 3 unspecified atom stereocenters. The molecule has 1 aromatic carbocycles. The molecule has 1 aromatic rings. The van der Waals surface area contributed by atoms with Crippen LogP contribution in [0.25, 0.3) is 0 Å². The van der Waals surface area contributed by atoms with E-state index < -0.39 is 0 Å². The van der Waals surface area contributed by atoms with Crippen LogP contribution in [-0.2, 0) is 0 Å². The minimum atomic E-state index is 0.0419. The molecule has 2 aliphatic carbocycles.